The molecular weight excluding hydrogens is 431 g/mol. The molecule has 7 heteroatoms. The van der Waals surface area contributed by atoms with E-state index in [1.54, 1.807) is 6.07 Å². The number of β-amino-alcohol motifs (C(OH)–C–C–N with tert-alkyl or cyclic N) is 1. The number of nitrogens with one attached hydrogen (secondary N) is 1. The quantitative estimate of drug-likeness (QED) is 0.523. The van der Waals surface area contributed by atoms with Crippen molar-refractivity contribution in [1.82, 2.24) is 14.4 Å². The molecule has 0 saturated carbocycles. The van der Waals surface area contributed by atoms with Crippen LogP contribution in [0.15, 0.2) is 36.4 Å². The first kappa shape index (κ1) is 24.2. The van der Waals surface area contributed by atoms with Gasteiger partial charge in [0.25, 0.3) is 5.91 Å². The van der Waals surface area contributed by atoms with Gasteiger partial charge in [-0.2, -0.15) is 0 Å². The Kier molecular flexibility index (Phi) is 7.54. The van der Waals surface area contributed by atoms with Crippen LogP contribution in [0, 0.1) is 19.7 Å². The highest BCUT2D eigenvalue weighted by molar-refractivity contribution is 6.03. The second-order valence-electron chi connectivity index (χ2n) is 9.18. The molecule has 0 spiro atoms. The van der Waals surface area contributed by atoms with Crippen molar-refractivity contribution in [1.29, 1.82) is 0 Å². The lowest BCUT2D eigenvalue weighted by Crippen LogP contribution is -2.49. The third kappa shape index (κ3) is 5.10. The van der Waals surface area contributed by atoms with E-state index in [0.717, 1.165) is 53.8 Å². The number of aliphatic hydroxyl groups is 1. The number of carbonyl (C=O) groups excluding carboxylic acids is 1. The van der Waals surface area contributed by atoms with Crippen molar-refractivity contribution in [2.45, 2.75) is 40.3 Å². The Bertz CT molecular complexity index is 1170. The van der Waals surface area contributed by atoms with E-state index >= 15 is 0 Å². The maximum atomic E-state index is 13.6. The predicted octanol–water partition coefficient (Wildman–Crippen LogP) is 4.17. The predicted molar refractivity (Wildman–Crippen MR) is 135 cm³/mol. The molecule has 2 N–H and O–H groups in total. The number of rotatable bonds is 8. The molecule has 3 aromatic rings. The number of nitrogens with zero attached hydrogens (tertiary/aromatic N) is 3. The van der Waals surface area contributed by atoms with Crippen molar-refractivity contribution < 1.29 is 14.3 Å². The number of aromatic nitrogens is 1. The number of halogens is 1. The van der Waals surface area contributed by atoms with E-state index < -0.39 is 0 Å². The van der Waals surface area contributed by atoms with Crippen molar-refractivity contribution in [2.75, 3.05) is 44.6 Å². The van der Waals surface area contributed by atoms with Crippen LogP contribution in [0.1, 0.15) is 40.5 Å². The highest BCUT2D eigenvalue weighted by Crippen LogP contribution is 2.31. The maximum Gasteiger partial charge on any atom is 0.254 e. The van der Waals surface area contributed by atoms with Crippen LogP contribution in [0.2, 0.25) is 0 Å². The average Bonchev–Trinajstić information content (AvgIpc) is 3.14. The Morgan fingerprint density at radius 3 is 2.50 bits per heavy atom. The van der Waals surface area contributed by atoms with Crippen LogP contribution in [-0.4, -0.2) is 64.7 Å². The van der Waals surface area contributed by atoms with E-state index in [-0.39, 0.29) is 18.3 Å². The lowest BCUT2D eigenvalue weighted by Gasteiger charge is -2.34. The van der Waals surface area contributed by atoms with Gasteiger partial charge in [0.15, 0.2) is 0 Å². The fourth-order valence-corrected chi connectivity index (χ4v) is 4.86. The Morgan fingerprint density at radius 1 is 1.06 bits per heavy atom. The zero-order chi connectivity index (χ0) is 24.2. The number of hydrogen-bond acceptors (Lipinski definition) is 4. The molecule has 2 heterocycles. The summed E-state index contributed by atoms with van der Waals surface area (Å²) in [4.78, 5) is 17.5. The van der Waals surface area contributed by atoms with Gasteiger partial charge in [-0.25, -0.2) is 4.39 Å². The lowest BCUT2D eigenvalue weighted by molar-refractivity contribution is 0.0615. The van der Waals surface area contributed by atoms with Crippen molar-refractivity contribution in [3.05, 3.63) is 64.6 Å². The van der Waals surface area contributed by atoms with Crippen molar-refractivity contribution in [2.24, 2.45) is 0 Å². The van der Waals surface area contributed by atoms with Gasteiger partial charge < -0.3 is 19.9 Å². The first-order valence-electron chi connectivity index (χ1n) is 12.2. The summed E-state index contributed by atoms with van der Waals surface area (Å²) >= 11 is 0. The molecule has 1 aliphatic rings. The fourth-order valence-electron chi connectivity index (χ4n) is 4.86. The highest BCUT2D eigenvalue weighted by atomic mass is 19.1. The van der Waals surface area contributed by atoms with Gasteiger partial charge in [0, 0.05) is 62.5 Å². The van der Waals surface area contributed by atoms with Crippen LogP contribution >= 0.6 is 0 Å². The molecule has 4 rings (SSSR count). The number of piperazine rings is 1. The zero-order valence-electron chi connectivity index (χ0n) is 20.4. The summed E-state index contributed by atoms with van der Waals surface area (Å²) in [5.41, 5.74) is 5.79. The Balaban J connectivity index is 1.65. The van der Waals surface area contributed by atoms with Gasteiger partial charge in [-0.05, 0) is 61.7 Å². The van der Waals surface area contributed by atoms with Gasteiger partial charge in [-0.15, -0.1) is 0 Å². The summed E-state index contributed by atoms with van der Waals surface area (Å²) in [7, 11) is 0. The van der Waals surface area contributed by atoms with Crippen molar-refractivity contribution in [3.8, 4) is 0 Å². The molecule has 0 aliphatic carbocycles. The summed E-state index contributed by atoms with van der Waals surface area (Å²) < 4.78 is 15.9. The molecule has 1 saturated heterocycles. The van der Waals surface area contributed by atoms with Gasteiger partial charge >= 0.3 is 0 Å². The number of anilines is 1. The number of carbonyl (C=O) groups is 1. The topological polar surface area (TPSA) is 60.7 Å². The van der Waals surface area contributed by atoms with Crippen LogP contribution in [-0.2, 0) is 13.1 Å². The number of fused-ring (bicyclic) bond motifs is 1. The standard InChI is InChI=1S/C27H35FN4O2/c1-4-7-32-20(3)15-22-16-23(27(34)31-10-8-30(9-11-31)12-13-33)17-25(26(22)32)29-18-21-5-6-24(28)14-19(21)2/h5-6,14-17,29,33H,4,7-13,18H2,1-3H3. The maximum absolute atomic E-state index is 13.6. The Labute approximate surface area is 201 Å². The zero-order valence-corrected chi connectivity index (χ0v) is 20.4. The molecule has 1 aliphatic heterocycles. The summed E-state index contributed by atoms with van der Waals surface area (Å²) in [5, 5.41) is 13.8. The van der Waals surface area contributed by atoms with E-state index in [4.69, 9.17) is 0 Å². The second-order valence-corrected chi connectivity index (χ2v) is 9.18. The summed E-state index contributed by atoms with van der Waals surface area (Å²) in [6.45, 7) is 11.3. The SMILES string of the molecule is CCCn1c(C)cc2cc(C(=O)N3CCN(CCO)CC3)cc(NCc3ccc(F)cc3C)c21. The van der Waals surface area contributed by atoms with Crippen LogP contribution < -0.4 is 5.32 Å². The van der Waals surface area contributed by atoms with Crippen LogP contribution in [0.4, 0.5) is 10.1 Å². The second kappa shape index (κ2) is 10.6. The van der Waals surface area contributed by atoms with Crippen molar-refractivity contribution in [3.63, 3.8) is 0 Å². The number of amides is 1. The molecular formula is C27H35FN4O2. The van der Waals surface area contributed by atoms with E-state index in [0.29, 0.717) is 31.7 Å². The van der Waals surface area contributed by atoms with E-state index in [1.807, 2.05) is 30.0 Å². The number of hydrogen-bond donors (Lipinski definition) is 2. The number of aryl methyl sites for hydroxylation is 3. The normalized spacial score (nSPS) is 14.7. The summed E-state index contributed by atoms with van der Waals surface area (Å²) in [5.74, 6) is -0.199. The molecule has 1 amide bonds. The Morgan fingerprint density at radius 2 is 1.82 bits per heavy atom. The Hall–Kier alpha value is -2.90. The van der Waals surface area contributed by atoms with E-state index in [2.05, 4.69) is 34.7 Å². The molecule has 6 nitrogen and oxygen atoms in total. The van der Waals surface area contributed by atoms with Crippen LogP contribution in [0.3, 0.4) is 0 Å². The molecule has 182 valence electrons. The smallest absolute Gasteiger partial charge is 0.254 e. The lowest BCUT2D eigenvalue weighted by atomic mass is 10.1. The summed E-state index contributed by atoms with van der Waals surface area (Å²) in [6, 6.07) is 11.0. The molecule has 2 aromatic carbocycles. The molecule has 0 unspecified atom stereocenters. The molecule has 0 bridgehead atoms. The third-order valence-electron chi connectivity index (χ3n) is 6.74. The molecule has 0 radical (unpaired) electrons. The third-order valence-corrected chi connectivity index (χ3v) is 6.74. The van der Waals surface area contributed by atoms with Crippen molar-refractivity contribution >= 4 is 22.5 Å². The molecule has 0 atom stereocenters. The van der Waals surface area contributed by atoms with Crippen LogP contribution in [0.5, 0.6) is 0 Å². The fraction of sp³-hybridized carbons (Fsp3) is 0.444. The van der Waals surface area contributed by atoms with E-state index in [9.17, 15) is 14.3 Å². The molecule has 34 heavy (non-hydrogen) atoms. The summed E-state index contributed by atoms with van der Waals surface area (Å²) in [6.07, 6.45) is 1.01. The minimum absolute atomic E-state index is 0.0347. The average molecular weight is 467 g/mol. The van der Waals surface area contributed by atoms with Gasteiger partial charge in [0.05, 0.1) is 17.8 Å². The molecule has 1 aromatic heterocycles. The minimum Gasteiger partial charge on any atom is -0.395 e. The van der Waals surface area contributed by atoms with Gasteiger partial charge in [0.2, 0.25) is 0 Å². The van der Waals surface area contributed by atoms with Gasteiger partial charge in [-0.1, -0.05) is 13.0 Å². The first-order chi connectivity index (χ1) is 16.4. The highest BCUT2D eigenvalue weighted by Gasteiger charge is 2.23. The number of aliphatic hydroxyl groups excluding tert-OH is 1. The van der Waals surface area contributed by atoms with Gasteiger partial charge in [0.1, 0.15) is 5.82 Å². The minimum atomic E-state index is -0.234. The van der Waals surface area contributed by atoms with Crippen LogP contribution in [0.25, 0.3) is 10.9 Å². The first-order valence-corrected chi connectivity index (χ1v) is 12.2. The largest absolute Gasteiger partial charge is 0.395 e. The monoisotopic (exact) mass is 466 g/mol. The van der Waals surface area contributed by atoms with E-state index in [1.165, 1.54) is 11.8 Å². The number of benzene rings is 2. The molecule has 1 fully saturated rings. The van der Waals surface area contributed by atoms with Gasteiger partial charge in [-0.3, -0.25) is 9.69 Å².